The minimum atomic E-state index is -4.87. The summed E-state index contributed by atoms with van der Waals surface area (Å²) in [5, 5.41) is 2.99. The summed E-state index contributed by atoms with van der Waals surface area (Å²) in [7, 11) is 0. The van der Waals surface area contributed by atoms with E-state index in [4.69, 9.17) is 0 Å². The quantitative estimate of drug-likeness (QED) is 0.637. The van der Waals surface area contributed by atoms with E-state index in [2.05, 4.69) is 22.7 Å². The lowest BCUT2D eigenvalue weighted by Gasteiger charge is -2.04. The van der Waals surface area contributed by atoms with Gasteiger partial charge in [0.15, 0.2) is 5.69 Å². The number of halogens is 3. The zero-order chi connectivity index (χ0) is 13.9. The Labute approximate surface area is 105 Å². The van der Waals surface area contributed by atoms with Crippen LogP contribution in [0.2, 0.25) is 0 Å². The van der Waals surface area contributed by atoms with Crippen molar-refractivity contribution in [3.8, 4) is 0 Å². The number of amides is 1. The van der Waals surface area contributed by atoms with Gasteiger partial charge in [0.1, 0.15) is 5.56 Å². The van der Waals surface area contributed by atoms with Crippen LogP contribution in [0.5, 0.6) is 0 Å². The summed E-state index contributed by atoms with van der Waals surface area (Å²) in [4.78, 5) is 22.4. The predicted octanol–water partition coefficient (Wildman–Crippen LogP) is 1.48. The summed E-state index contributed by atoms with van der Waals surface area (Å²) >= 11 is 3.38. The summed E-state index contributed by atoms with van der Waals surface area (Å²) in [5.41, 5.74) is -2.32. The predicted molar refractivity (Wildman–Crippen MR) is 56.1 cm³/mol. The topological polar surface area (TPSA) is 73.2 Å². The zero-order valence-electron chi connectivity index (χ0n) is 8.98. The smallest absolute Gasteiger partial charge is 0.436 e. The second-order valence-electron chi connectivity index (χ2n) is 2.97. The van der Waals surface area contributed by atoms with Crippen LogP contribution in [0.15, 0.2) is 6.20 Å². The molecule has 0 saturated carbocycles. The van der Waals surface area contributed by atoms with Crippen molar-refractivity contribution in [2.45, 2.75) is 13.1 Å². The van der Waals surface area contributed by atoms with Gasteiger partial charge in [-0.2, -0.15) is 23.0 Å². The van der Waals surface area contributed by atoms with Gasteiger partial charge in [0.2, 0.25) is 0 Å². The average Bonchev–Trinajstić information content (AvgIpc) is 2.72. The molecule has 0 radical (unpaired) electrons. The number of ether oxygens (including phenoxy) is 1. The van der Waals surface area contributed by atoms with Crippen LogP contribution in [-0.4, -0.2) is 28.4 Å². The molecule has 1 heterocycles. The van der Waals surface area contributed by atoms with E-state index >= 15 is 0 Å². The molecule has 100 valence electrons. The number of alkyl halides is 3. The molecule has 1 N–H and O–H groups in total. The van der Waals surface area contributed by atoms with E-state index < -0.39 is 29.4 Å². The van der Waals surface area contributed by atoms with Gasteiger partial charge in [0.25, 0.3) is 0 Å². The van der Waals surface area contributed by atoms with E-state index in [1.807, 2.05) is 0 Å². The van der Waals surface area contributed by atoms with Crippen molar-refractivity contribution < 1.29 is 27.5 Å². The van der Waals surface area contributed by atoms with Crippen LogP contribution in [0.1, 0.15) is 23.0 Å². The first-order valence-corrected chi connectivity index (χ1v) is 5.04. The van der Waals surface area contributed by atoms with Gasteiger partial charge in [-0.15, -0.1) is 0 Å². The molecule has 0 aliphatic carbocycles. The number of carbonyl (C=O) groups is 2. The standard InChI is InChI=1S/C8H8F3N3O3S/c1-2-17-6(15)4-3-14(7(16)13-18)12-5(4)8(9,10)11/h3,18H,2H2,1H3,(H,13,16). The second-order valence-corrected chi connectivity index (χ2v) is 3.19. The maximum Gasteiger partial charge on any atom is 0.436 e. The van der Waals surface area contributed by atoms with Crippen LogP contribution in [0.25, 0.3) is 0 Å². The van der Waals surface area contributed by atoms with Crippen LogP contribution in [0.3, 0.4) is 0 Å². The summed E-state index contributed by atoms with van der Waals surface area (Å²) in [6.07, 6.45) is -4.24. The largest absolute Gasteiger partial charge is 0.462 e. The minimum absolute atomic E-state index is 0.0971. The molecule has 1 aromatic heterocycles. The van der Waals surface area contributed by atoms with Crippen LogP contribution in [0.4, 0.5) is 18.0 Å². The Balaban J connectivity index is 3.26. The van der Waals surface area contributed by atoms with Gasteiger partial charge in [-0.1, -0.05) is 12.8 Å². The molecule has 1 amide bonds. The maximum absolute atomic E-state index is 12.6. The molecule has 0 aliphatic rings. The Bertz CT molecular complexity index is 472. The lowest BCUT2D eigenvalue weighted by Crippen LogP contribution is -2.21. The Hall–Kier alpha value is -1.71. The van der Waals surface area contributed by atoms with Crippen LogP contribution in [-0.2, 0) is 10.9 Å². The monoisotopic (exact) mass is 283 g/mol. The summed E-state index contributed by atoms with van der Waals surface area (Å²) in [6, 6.07) is -1.03. The summed E-state index contributed by atoms with van der Waals surface area (Å²) in [5.74, 6) is -1.21. The molecule has 6 nitrogen and oxygen atoms in total. The number of hydrogen-bond donors (Lipinski definition) is 2. The molecular weight excluding hydrogens is 275 g/mol. The van der Waals surface area contributed by atoms with E-state index in [9.17, 15) is 22.8 Å². The first-order valence-electron chi connectivity index (χ1n) is 4.59. The normalized spacial score (nSPS) is 11.2. The van der Waals surface area contributed by atoms with E-state index in [0.29, 0.717) is 10.9 Å². The molecule has 18 heavy (non-hydrogen) atoms. The average molecular weight is 283 g/mol. The molecule has 0 atom stereocenters. The van der Waals surface area contributed by atoms with E-state index in [-0.39, 0.29) is 6.61 Å². The number of thiol groups is 1. The van der Waals surface area contributed by atoms with Gasteiger partial charge in [0, 0.05) is 0 Å². The van der Waals surface area contributed by atoms with Gasteiger partial charge in [-0.3, -0.25) is 4.72 Å². The van der Waals surface area contributed by atoms with Crippen LogP contribution >= 0.6 is 12.8 Å². The molecule has 10 heteroatoms. The Kier molecular flexibility index (Phi) is 4.22. The Morgan fingerprint density at radius 3 is 2.61 bits per heavy atom. The highest BCUT2D eigenvalue weighted by Gasteiger charge is 2.40. The molecule has 0 saturated heterocycles. The Morgan fingerprint density at radius 1 is 1.56 bits per heavy atom. The summed E-state index contributed by atoms with van der Waals surface area (Å²) < 4.78 is 44.3. The number of hydrogen-bond acceptors (Lipinski definition) is 5. The molecule has 0 aromatic carbocycles. The maximum atomic E-state index is 12.6. The van der Waals surface area contributed by atoms with Crippen LogP contribution < -0.4 is 4.72 Å². The van der Waals surface area contributed by atoms with E-state index in [0.717, 1.165) is 0 Å². The molecular formula is C8H8F3N3O3S. The van der Waals surface area contributed by atoms with Crippen molar-refractivity contribution >= 4 is 24.8 Å². The third kappa shape index (κ3) is 2.94. The highest BCUT2D eigenvalue weighted by Crippen LogP contribution is 2.31. The Morgan fingerprint density at radius 2 is 2.17 bits per heavy atom. The van der Waals surface area contributed by atoms with Gasteiger partial charge >= 0.3 is 18.2 Å². The van der Waals surface area contributed by atoms with E-state index in [1.54, 1.807) is 4.72 Å². The number of rotatable bonds is 2. The highest BCUT2D eigenvalue weighted by molar-refractivity contribution is 7.78. The van der Waals surface area contributed by atoms with Crippen LogP contribution in [0, 0.1) is 0 Å². The fourth-order valence-corrected chi connectivity index (χ4v) is 1.20. The second kappa shape index (κ2) is 5.29. The number of nitrogens with one attached hydrogen (secondary N) is 1. The molecule has 0 fully saturated rings. The molecule has 0 bridgehead atoms. The zero-order valence-corrected chi connectivity index (χ0v) is 9.88. The summed E-state index contributed by atoms with van der Waals surface area (Å²) in [6.45, 7) is 1.34. The third-order valence-corrected chi connectivity index (χ3v) is 1.97. The first kappa shape index (κ1) is 14.4. The fourth-order valence-electron chi connectivity index (χ4n) is 1.10. The van der Waals surface area contributed by atoms with Gasteiger partial charge in [0.05, 0.1) is 12.8 Å². The minimum Gasteiger partial charge on any atom is -0.462 e. The lowest BCUT2D eigenvalue weighted by atomic mass is 10.2. The number of esters is 1. The molecule has 0 spiro atoms. The van der Waals surface area contributed by atoms with Crippen molar-refractivity contribution in [1.82, 2.24) is 14.5 Å². The van der Waals surface area contributed by atoms with Gasteiger partial charge in [-0.05, 0) is 6.92 Å². The number of aromatic nitrogens is 2. The molecule has 1 rings (SSSR count). The van der Waals surface area contributed by atoms with E-state index in [1.165, 1.54) is 6.92 Å². The third-order valence-electron chi connectivity index (χ3n) is 1.78. The number of nitrogens with zero attached hydrogens (tertiary/aromatic N) is 2. The van der Waals surface area contributed by atoms with Crippen molar-refractivity contribution in [3.63, 3.8) is 0 Å². The lowest BCUT2D eigenvalue weighted by molar-refractivity contribution is -0.141. The van der Waals surface area contributed by atoms with Crippen molar-refractivity contribution in [3.05, 3.63) is 17.5 Å². The fraction of sp³-hybridized carbons (Fsp3) is 0.375. The van der Waals surface area contributed by atoms with Crippen molar-refractivity contribution in [2.75, 3.05) is 6.61 Å². The van der Waals surface area contributed by atoms with Gasteiger partial charge < -0.3 is 4.74 Å². The highest BCUT2D eigenvalue weighted by atomic mass is 32.1. The van der Waals surface area contributed by atoms with Gasteiger partial charge in [-0.25, -0.2) is 9.59 Å². The first-order chi connectivity index (χ1) is 8.31. The molecule has 0 unspecified atom stereocenters. The molecule has 1 aromatic rings. The SMILES string of the molecule is CCOC(=O)c1cn(C(=O)NS)nc1C(F)(F)F. The molecule has 0 aliphatic heterocycles. The van der Waals surface area contributed by atoms with Crippen molar-refractivity contribution in [2.24, 2.45) is 0 Å². The van der Waals surface area contributed by atoms with Crippen molar-refractivity contribution in [1.29, 1.82) is 0 Å². The number of carbonyl (C=O) groups excluding carboxylic acids is 2.